The number of hydrogen-bond acceptors (Lipinski definition) is 5. The molecular formula is C22H29N3O4. The summed E-state index contributed by atoms with van der Waals surface area (Å²) < 4.78 is 0. The van der Waals surface area contributed by atoms with Crippen molar-refractivity contribution in [2.24, 2.45) is 11.8 Å². The van der Waals surface area contributed by atoms with Crippen molar-refractivity contribution in [3.05, 3.63) is 36.7 Å². The van der Waals surface area contributed by atoms with Gasteiger partial charge in [0.05, 0.1) is 5.92 Å². The van der Waals surface area contributed by atoms with Gasteiger partial charge in [-0.1, -0.05) is 13.2 Å². The molecule has 3 fully saturated rings. The quantitative estimate of drug-likeness (QED) is 0.712. The Morgan fingerprint density at radius 3 is 2.00 bits per heavy atom. The lowest BCUT2D eigenvalue weighted by molar-refractivity contribution is -0.148. The number of carboxylic acids is 1. The van der Waals surface area contributed by atoms with Crippen molar-refractivity contribution in [1.82, 2.24) is 14.7 Å². The summed E-state index contributed by atoms with van der Waals surface area (Å²) in [4.78, 5) is 42.3. The van der Waals surface area contributed by atoms with Crippen LogP contribution in [0.2, 0.25) is 0 Å². The SMILES string of the molecule is C=C1CCCN1C1CC(C(=O)O)C(N2CCCC2=C)CC1CN1C(=O)C=CC1=O. The Morgan fingerprint density at radius 1 is 0.966 bits per heavy atom. The molecule has 1 N–H and O–H groups in total. The van der Waals surface area contributed by atoms with Gasteiger partial charge in [-0.25, -0.2) is 0 Å². The molecule has 0 bridgehead atoms. The lowest BCUT2D eigenvalue weighted by Crippen LogP contribution is -2.56. The molecule has 0 spiro atoms. The fourth-order valence-corrected chi connectivity index (χ4v) is 5.59. The standard InChI is InChI=1S/C22H29N3O4/c1-14-5-3-9-23(14)18-12-17(22(28)29)19(24-10-4-6-15(24)2)11-16(18)13-25-20(26)7-8-21(25)27/h7-8,16-19H,1-6,9-13H2,(H,28,29). The van der Waals surface area contributed by atoms with Crippen molar-refractivity contribution in [3.8, 4) is 0 Å². The second-order valence-electron chi connectivity index (χ2n) is 8.66. The summed E-state index contributed by atoms with van der Waals surface area (Å²) in [5, 5.41) is 10.0. The summed E-state index contributed by atoms with van der Waals surface area (Å²) in [6.45, 7) is 10.3. The van der Waals surface area contributed by atoms with Crippen LogP contribution in [0.3, 0.4) is 0 Å². The van der Waals surface area contributed by atoms with Crippen molar-refractivity contribution in [2.45, 2.75) is 50.6 Å². The zero-order chi connectivity index (χ0) is 20.7. The smallest absolute Gasteiger partial charge is 0.308 e. The van der Waals surface area contributed by atoms with Crippen molar-refractivity contribution >= 4 is 17.8 Å². The van der Waals surface area contributed by atoms with E-state index in [1.54, 1.807) is 0 Å². The summed E-state index contributed by atoms with van der Waals surface area (Å²) in [6, 6.07) is -0.181. The molecule has 0 radical (unpaired) electrons. The molecule has 3 aliphatic heterocycles. The Balaban J connectivity index is 1.63. The molecule has 3 heterocycles. The van der Waals surface area contributed by atoms with E-state index in [1.165, 1.54) is 17.1 Å². The fraction of sp³-hybridized carbons (Fsp3) is 0.591. The molecule has 0 aromatic heterocycles. The molecule has 4 atom stereocenters. The number of hydrogen-bond donors (Lipinski definition) is 1. The number of imide groups is 1. The lowest BCUT2D eigenvalue weighted by Gasteiger charge is -2.48. The van der Waals surface area contributed by atoms with Gasteiger partial charge in [-0.15, -0.1) is 0 Å². The summed E-state index contributed by atoms with van der Waals surface area (Å²) in [7, 11) is 0. The molecule has 156 valence electrons. The largest absolute Gasteiger partial charge is 0.481 e. The molecule has 1 aliphatic carbocycles. The minimum Gasteiger partial charge on any atom is -0.481 e. The Bertz CT molecular complexity index is 771. The van der Waals surface area contributed by atoms with Gasteiger partial charge >= 0.3 is 5.97 Å². The van der Waals surface area contributed by atoms with E-state index in [2.05, 4.69) is 23.0 Å². The maximum absolute atomic E-state index is 12.2. The molecule has 4 aliphatic rings. The number of carbonyl (C=O) groups is 3. The van der Waals surface area contributed by atoms with Crippen molar-refractivity contribution < 1.29 is 19.5 Å². The van der Waals surface area contributed by atoms with Gasteiger partial charge in [0.15, 0.2) is 0 Å². The van der Waals surface area contributed by atoms with Crippen LogP contribution in [-0.4, -0.2) is 69.3 Å². The number of carbonyl (C=O) groups excluding carboxylic acids is 2. The molecule has 2 amide bonds. The molecule has 29 heavy (non-hydrogen) atoms. The first kappa shape index (κ1) is 19.7. The molecule has 0 aromatic rings. The zero-order valence-electron chi connectivity index (χ0n) is 16.8. The average molecular weight is 399 g/mol. The third-order valence-electron chi connectivity index (χ3n) is 7.02. The van der Waals surface area contributed by atoms with E-state index in [4.69, 9.17) is 0 Å². The maximum atomic E-state index is 12.2. The summed E-state index contributed by atoms with van der Waals surface area (Å²) >= 11 is 0. The zero-order valence-corrected chi connectivity index (χ0v) is 16.8. The Hall–Kier alpha value is -2.57. The van der Waals surface area contributed by atoms with E-state index in [9.17, 15) is 19.5 Å². The molecule has 4 rings (SSSR count). The predicted molar refractivity (Wildman–Crippen MR) is 107 cm³/mol. The summed E-state index contributed by atoms with van der Waals surface area (Å²) in [5.41, 5.74) is 2.03. The summed E-state index contributed by atoms with van der Waals surface area (Å²) in [5.74, 6) is -1.83. The van der Waals surface area contributed by atoms with Gasteiger partial charge in [0.1, 0.15) is 0 Å². The molecule has 7 heteroatoms. The maximum Gasteiger partial charge on any atom is 0.308 e. The van der Waals surface area contributed by atoms with Crippen LogP contribution in [0, 0.1) is 11.8 Å². The van der Waals surface area contributed by atoms with Gasteiger partial charge in [-0.3, -0.25) is 19.3 Å². The van der Waals surface area contributed by atoms with E-state index in [0.717, 1.165) is 50.2 Å². The average Bonchev–Trinajstić information content (AvgIpc) is 3.38. The van der Waals surface area contributed by atoms with E-state index in [0.29, 0.717) is 19.4 Å². The number of likely N-dealkylation sites (tertiary alicyclic amines) is 2. The van der Waals surface area contributed by atoms with Gasteiger partial charge in [0, 0.05) is 55.3 Å². The first-order chi connectivity index (χ1) is 13.9. The minimum absolute atomic E-state index is 0.00616. The van der Waals surface area contributed by atoms with Crippen molar-refractivity contribution in [3.63, 3.8) is 0 Å². The van der Waals surface area contributed by atoms with Crippen LogP contribution in [0.5, 0.6) is 0 Å². The van der Waals surface area contributed by atoms with Crippen LogP contribution in [0.15, 0.2) is 36.7 Å². The van der Waals surface area contributed by atoms with Crippen molar-refractivity contribution in [1.29, 1.82) is 0 Å². The highest BCUT2D eigenvalue weighted by Gasteiger charge is 2.47. The normalized spacial score (nSPS) is 32.8. The second kappa shape index (κ2) is 7.69. The monoisotopic (exact) mass is 399 g/mol. The van der Waals surface area contributed by atoms with E-state index in [1.807, 2.05) is 0 Å². The Kier molecular flexibility index (Phi) is 5.23. The summed E-state index contributed by atoms with van der Waals surface area (Å²) in [6.07, 6.45) is 7.56. The molecule has 4 unspecified atom stereocenters. The van der Waals surface area contributed by atoms with Crippen LogP contribution in [0.1, 0.15) is 38.5 Å². The van der Waals surface area contributed by atoms with Crippen LogP contribution >= 0.6 is 0 Å². The number of nitrogens with zero attached hydrogens (tertiary/aromatic N) is 3. The van der Waals surface area contributed by atoms with Gasteiger partial charge < -0.3 is 14.9 Å². The highest BCUT2D eigenvalue weighted by atomic mass is 16.4. The second-order valence-corrected chi connectivity index (χ2v) is 8.66. The van der Waals surface area contributed by atoms with E-state index in [-0.39, 0.29) is 29.8 Å². The van der Waals surface area contributed by atoms with Crippen LogP contribution in [-0.2, 0) is 14.4 Å². The minimum atomic E-state index is -0.780. The van der Waals surface area contributed by atoms with Gasteiger partial charge in [-0.05, 0) is 44.4 Å². The first-order valence-electron chi connectivity index (χ1n) is 10.5. The van der Waals surface area contributed by atoms with Gasteiger partial charge in [-0.2, -0.15) is 0 Å². The lowest BCUT2D eigenvalue weighted by atomic mass is 9.73. The van der Waals surface area contributed by atoms with Gasteiger partial charge in [0.25, 0.3) is 11.8 Å². The van der Waals surface area contributed by atoms with Crippen LogP contribution in [0.4, 0.5) is 0 Å². The number of rotatable bonds is 5. The number of allylic oxidation sites excluding steroid dienone is 2. The molecule has 1 saturated carbocycles. The molecule has 2 saturated heterocycles. The first-order valence-corrected chi connectivity index (χ1v) is 10.5. The highest BCUT2D eigenvalue weighted by Crippen LogP contribution is 2.41. The topological polar surface area (TPSA) is 81.2 Å². The highest BCUT2D eigenvalue weighted by molar-refractivity contribution is 6.12. The Labute approximate surface area is 171 Å². The predicted octanol–water partition coefficient (Wildman–Crippen LogP) is 1.98. The van der Waals surface area contributed by atoms with Gasteiger partial charge in [0.2, 0.25) is 0 Å². The van der Waals surface area contributed by atoms with E-state index < -0.39 is 11.9 Å². The Morgan fingerprint density at radius 2 is 1.52 bits per heavy atom. The third-order valence-corrected chi connectivity index (χ3v) is 7.02. The number of amides is 2. The van der Waals surface area contributed by atoms with Crippen LogP contribution in [0.25, 0.3) is 0 Å². The molecular weight excluding hydrogens is 370 g/mol. The van der Waals surface area contributed by atoms with Crippen molar-refractivity contribution in [2.75, 3.05) is 19.6 Å². The third kappa shape index (κ3) is 3.58. The molecule has 7 nitrogen and oxygen atoms in total. The van der Waals surface area contributed by atoms with Crippen LogP contribution < -0.4 is 0 Å². The molecule has 0 aromatic carbocycles. The number of carboxylic acid groups (broad SMARTS) is 1. The van der Waals surface area contributed by atoms with E-state index >= 15 is 0 Å². The fourth-order valence-electron chi connectivity index (χ4n) is 5.59. The number of aliphatic carboxylic acids is 1.